The number of nitrogens with two attached hydrogens (primary N) is 3. The Morgan fingerprint density at radius 3 is 2.38 bits per heavy atom. The topological polar surface area (TPSA) is 170 Å². The van der Waals surface area contributed by atoms with Gasteiger partial charge in [-0.3, -0.25) is 9.59 Å². The van der Waals surface area contributed by atoms with Gasteiger partial charge < -0.3 is 37.4 Å². The van der Waals surface area contributed by atoms with E-state index < -0.39 is 24.0 Å². The van der Waals surface area contributed by atoms with Crippen LogP contribution in [-0.4, -0.2) is 60.7 Å². The van der Waals surface area contributed by atoms with Crippen LogP contribution in [0.5, 0.6) is 0 Å². The highest BCUT2D eigenvalue weighted by atomic mass is 33.1. The number of carbonyl (C=O) groups is 4. The van der Waals surface area contributed by atoms with Crippen LogP contribution in [0.3, 0.4) is 0 Å². The molecule has 0 spiro atoms. The Bertz CT molecular complexity index is 416. The van der Waals surface area contributed by atoms with Crippen molar-refractivity contribution < 1.29 is 19.2 Å². The number of carbonyl (C=O) groups excluding carboxylic acids is 4. The van der Waals surface area contributed by atoms with Crippen LogP contribution in [0.15, 0.2) is 0 Å². The first kappa shape index (κ1) is 22.9. The van der Waals surface area contributed by atoms with Gasteiger partial charge in [-0.25, -0.2) is 0 Å². The minimum Gasteiger partial charge on any atom is -0.356 e. The second-order valence-corrected chi connectivity index (χ2v) is 7.89. The SMILES string of the molecule is CC(CC(N)C=O)C(N)C(=O)NC(C=O)CSSC(N)CNC=O. The molecule has 0 aliphatic rings. The first-order valence-electron chi connectivity index (χ1n) is 7.28. The van der Waals surface area contributed by atoms with Gasteiger partial charge in [0.05, 0.1) is 23.5 Å². The number of rotatable bonds is 14. The lowest BCUT2D eigenvalue weighted by Gasteiger charge is -2.22. The molecule has 0 rings (SSSR count). The summed E-state index contributed by atoms with van der Waals surface area (Å²) in [6.45, 7) is 2.02. The van der Waals surface area contributed by atoms with Crippen molar-refractivity contribution in [1.29, 1.82) is 0 Å². The molecule has 0 aromatic heterocycles. The quantitative estimate of drug-likeness (QED) is 0.130. The van der Waals surface area contributed by atoms with Crippen LogP contribution < -0.4 is 27.8 Å². The van der Waals surface area contributed by atoms with E-state index in [1.54, 1.807) is 6.92 Å². The molecule has 2 amide bonds. The van der Waals surface area contributed by atoms with E-state index in [9.17, 15) is 19.2 Å². The maximum absolute atomic E-state index is 12.0. The number of nitrogens with one attached hydrogen (secondary N) is 2. The maximum atomic E-state index is 12.0. The molecule has 0 aromatic carbocycles. The van der Waals surface area contributed by atoms with Gasteiger partial charge in [-0.05, 0) is 12.3 Å². The highest BCUT2D eigenvalue weighted by Gasteiger charge is 2.24. The third-order valence-electron chi connectivity index (χ3n) is 3.07. The second kappa shape index (κ2) is 13.2. The fourth-order valence-electron chi connectivity index (χ4n) is 1.68. The number of hydrogen-bond acceptors (Lipinski definition) is 9. The van der Waals surface area contributed by atoms with E-state index in [0.717, 1.165) is 0 Å². The van der Waals surface area contributed by atoms with Gasteiger partial charge in [0.2, 0.25) is 12.3 Å². The van der Waals surface area contributed by atoms with Crippen LogP contribution >= 0.6 is 21.6 Å². The third-order valence-corrected chi connectivity index (χ3v) is 5.67. The second-order valence-electron chi connectivity index (χ2n) is 5.24. The van der Waals surface area contributed by atoms with Crippen LogP contribution in [0, 0.1) is 5.92 Å². The molecule has 9 nitrogen and oxygen atoms in total. The average Bonchev–Trinajstić information content (AvgIpc) is 2.57. The minimum absolute atomic E-state index is 0.285. The zero-order valence-corrected chi connectivity index (χ0v) is 15.1. The van der Waals surface area contributed by atoms with E-state index in [2.05, 4.69) is 10.6 Å². The van der Waals surface area contributed by atoms with Crippen molar-refractivity contribution >= 4 is 46.5 Å². The van der Waals surface area contributed by atoms with Crippen molar-refractivity contribution in [1.82, 2.24) is 10.6 Å². The van der Waals surface area contributed by atoms with Crippen molar-refractivity contribution in [2.75, 3.05) is 12.3 Å². The molecule has 138 valence electrons. The number of aldehydes is 2. The maximum Gasteiger partial charge on any atom is 0.237 e. The van der Waals surface area contributed by atoms with E-state index >= 15 is 0 Å². The van der Waals surface area contributed by atoms with Gasteiger partial charge in [-0.15, -0.1) is 0 Å². The summed E-state index contributed by atoms with van der Waals surface area (Å²) < 4.78 is 0. The lowest BCUT2D eigenvalue weighted by Crippen LogP contribution is -2.50. The third kappa shape index (κ3) is 9.88. The van der Waals surface area contributed by atoms with Crippen LogP contribution in [0.4, 0.5) is 0 Å². The summed E-state index contributed by atoms with van der Waals surface area (Å²) in [5.74, 6) is -0.471. The highest BCUT2D eigenvalue weighted by Crippen LogP contribution is 2.24. The van der Waals surface area contributed by atoms with E-state index in [-0.39, 0.29) is 17.7 Å². The van der Waals surface area contributed by atoms with Gasteiger partial charge in [-0.1, -0.05) is 28.5 Å². The molecule has 0 bridgehead atoms. The highest BCUT2D eigenvalue weighted by molar-refractivity contribution is 8.76. The molecule has 0 aromatic rings. The summed E-state index contributed by atoms with van der Waals surface area (Å²) in [6, 6.07) is -2.25. The fourth-order valence-corrected chi connectivity index (χ4v) is 3.81. The van der Waals surface area contributed by atoms with Crippen molar-refractivity contribution in [2.24, 2.45) is 23.1 Å². The summed E-state index contributed by atoms with van der Waals surface area (Å²) in [5, 5.41) is 4.67. The van der Waals surface area contributed by atoms with Crippen molar-refractivity contribution in [3.05, 3.63) is 0 Å². The van der Waals surface area contributed by atoms with Crippen molar-refractivity contribution in [2.45, 2.75) is 36.8 Å². The normalized spacial score (nSPS) is 17.0. The number of amides is 2. The van der Waals surface area contributed by atoms with Crippen LogP contribution in [0.25, 0.3) is 0 Å². The zero-order chi connectivity index (χ0) is 18.5. The molecular formula is C13H25N5O4S2. The molecule has 5 unspecified atom stereocenters. The minimum atomic E-state index is -0.866. The summed E-state index contributed by atoms with van der Waals surface area (Å²) in [6.07, 6.45) is 2.06. The summed E-state index contributed by atoms with van der Waals surface area (Å²) in [7, 11) is 2.59. The lowest BCUT2D eigenvalue weighted by atomic mass is 9.94. The molecule has 0 saturated heterocycles. The van der Waals surface area contributed by atoms with E-state index in [1.807, 2.05) is 0 Å². The molecule has 11 heteroatoms. The summed E-state index contributed by atoms with van der Waals surface area (Å²) in [5.41, 5.74) is 17.1. The van der Waals surface area contributed by atoms with Crippen LogP contribution in [0.1, 0.15) is 13.3 Å². The van der Waals surface area contributed by atoms with Crippen LogP contribution in [0.2, 0.25) is 0 Å². The average molecular weight is 380 g/mol. The van der Waals surface area contributed by atoms with Gasteiger partial charge in [-0.2, -0.15) is 0 Å². The van der Waals surface area contributed by atoms with Gasteiger partial charge in [0.15, 0.2) is 0 Å². The Kier molecular flexibility index (Phi) is 12.6. The molecule has 0 fully saturated rings. The zero-order valence-electron chi connectivity index (χ0n) is 13.4. The molecule has 0 saturated carbocycles. The molecule has 0 aliphatic carbocycles. The van der Waals surface area contributed by atoms with Crippen molar-refractivity contribution in [3.63, 3.8) is 0 Å². The Morgan fingerprint density at radius 1 is 1.17 bits per heavy atom. The van der Waals surface area contributed by atoms with Gasteiger partial charge in [0.1, 0.15) is 12.6 Å². The summed E-state index contributed by atoms with van der Waals surface area (Å²) >= 11 is 0. The van der Waals surface area contributed by atoms with Crippen LogP contribution in [-0.2, 0) is 19.2 Å². The number of hydrogen-bond donors (Lipinski definition) is 5. The largest absolute Gasteiger partial charge is 0.356 e. The predicted octanol–water partition coefficient (Wildman–Crippen LogP) is -2.04. The molecule has 8 N–H and O–H groups in total. The first-order chi connectivity index (χ1) is 11.3. The van der Waals surface area contributed by atoms with Gasteiger partial charge >= 0.3 is 0 Å². The molecule has 24 heavy (non-hydrogen) atoms. The smallest absolute Gasteiger partial charge is 0.237 e. The molecule has 0 heterocycles. The molecule has 0 aliphatic heterocycles. The van der Waals surface area contributed by atoms with Crippen molar-refractivity contribution in [3.8, 4) is 0 Å². The fraction of sp³-hybridized carbons (Fsp3) is 0.692. The lowest BCUT2D eigenvalue weighted by molar-refractivity contribution is -0.126. The Morgan fingerprint density at radius 2 is 1.83 bits per heavy atom. The molecule has 0 radical (unpaired) electrons. The monoisotopic (exact) mass is 379 g/mol. The molecule has 5 atom stereocenters. The Hall–Kier alpha value is -1.14. The Labute approximate surface area is 149 Å². The standard InChI is InChI=1S/C13H25N5O4S2/c1-8(2-9(14)4-19)12(16)13(22)18-10(5-20)6-23-24-11(15)3-17-7-21/h4-5,7-12H,2-3,6,14-16H2,1H3,(H,17,21)(H,18,22). The van der Waals surface area contributed by atoms with Gasteiger partial charge in [0, 0.05) is 12.3 Å². The summed E-state index contributed by atoms with van der Waals surface area (Å²) in [4.78, 5) is 43.8. The predicted molar refractivity (Wildman–Crippen MR) is 95.9 cm³/mol. The molecular weight excluding hydrogens is 354 g/mol. The van der Waals surface area contributed by atoms with Gasteiger partial charge in [0.25, 0.3) is 0 Å². The van der Waals surface area contributed by atoms with E-state index in [4.69, 9.17) is 17.2 Å². The van der Waals surface area contributed by atoms with E-state index in [1.165, 1.54) is 21.6 Å². The first-order valence-corrected chi connectivity index (χ1v) is 9.66. The Balaban J connectivity index is 4.25. The van der Waals surface area contributed by atoms with E-state index in [0.29, 0.717) is 31.3 Å².